The molecule has 0 unspecified atom stereocenters. The number of aromatic nitrogens is 1. The molecule has 0 saturated heterocycles. The van der Waals surface area contributed by atoms with Gasteiger partial charge in [0.2, 0.25) is 0 Å². The molecule has 2 aromatic carbocycles. The van der Waals surface area contributed by atoms with Gasteiger partial charge >= 0.3 is 0 Å². The molecular weight excluding hydrogens is 334 g/mol. The van der Waals surface area contributed by atoms with Gasteiger partial charge in [0.05, 0.1) is 5.52 Å². The summed E-state index contributed by atoms with van der Waals surface area (Å²) in [7, 11) is 0. The third-order valence-corrected chi connectivity index (χ3v) is 4.64. The summed E-state index contributed by atoms with van der Waals surface area (Å²) in [4.78, 5) is 6.65. The van der Waals surface area contributed by atoms with E-state index in [0.29, 0.717) is 17.3 Å². The molecule has 0 aliphatic carbocycles. The Kier molecular flexibility index (Phi) is 5.41. The number of halogens is 1. The maximum atomic E-state index is 10.4. The number of hydrogen-bond donors (Lipinski definition) is 2. The lowest BCUT2D eigenvalue weighted by atomic mass is 10.1. The van der Waals surface area contributed by atoms with Crippen molar-refractivity contribution in [2.45, 2.75) is 20.4 Å². The van der Waals surface area contributed by atoms with Crippen molar-refractivity contribution < 1.29 is 5.11 Å². The van der Waals surface area contributed by atoms with E-state index < -0.39 is 0 Å². The van der Waals surface area contributed by atoms with Gasteiger partial charge in [0.1, 0.15) is 5.75 Å². The lowest BCUT2D eigenvalue weighted by molar-refractivity contribution is 0.291. The molecule has 0 amide bonds. The van der Waals surface area contributed by atoms with Crippen LogP contribution in [0.25, 0.3) is 10.9 Å². The fourth-order valence-corrected chi connectivity index (χ4v) is 3.07. The van der Waals surface area contributed by atoms with E-state index in [1.165, 1.54) is 0 Å². The van der Waals surface area contributed by atoms with Crippen LogP contribution in [0.2, 0.25) is 5.02 Å². The van der Waals surface area contributed by atoms with E-state index in [1.807, 2.05) is 36.4 Å². The van der Waals surface area contributed by atoms with Gasteiger partial charge in [0.15, 0.2) is 0 Å². The van der Waals surface area contributed by atoms with E-state index in [0.717, 1.165) is 40.9 Å². The fourth-order valence-electron chi connectivity index (χ4n) is 2.90. The second kappa shape index (κ2) is 7.72. The Hall–Kier alpha value is -2.30. The second-order valence-corrected chi connectivity index (χ2v) is 6.35. The van der Waals surface area contributed by atoms with Crippen molar-refractivity contribution in [1.29, 1.82) is 0 Å². The Morgan fingerprint density at radius 3 is 2.64 bits per heavy atom. The number of nitrogens with one attached hydrogen (secondary N) is 1. The third-order valence-electron chi connectivity index (χ3n) is 4.40. The van der Waals surface area contributed by atoms with Crippen molar-refractivity contribution in [2.75, 3.05) is 18.4 Å². The summed E-state index contributed by atoms with van der Waals surface area (Å²) >= 11 is 6.07. The number of pyridine rings is 1. The number of phenolic OH excluding ortho intramolecular Hbond substituents is 1. The van der Waals surface area contributed by atoms with Crippen LogP contribution in [0.4, 0.5) is 11.4 Å². The van der Waals surface area contributed by atoms with Crippen molar-refractivity contribution in [3.8, 4) is 5.75 Å². The van der Waals surface area contributed by atoms with Crippen LogP contribution in [-0.2, 0) is 6.54 Å². The van der Waals surface area contributed by atoms with Crippen LogP contribution in [0.1, 0.15) is 19.4 Å². The number of phenols is 1. The van der Waals surface area contributed by atoms with Crippen molar-refractivity contribution in [1.82, 2.24) is 9.88 Å². The molecule has 0 fully saturated rings. The number of fused-ring (bicyclic) bond motifs is 1. The molecule has 3 aromatic rings. The summed E-state index contributed by atoms with van der Waals surface area (Å²) in [6.07, 6.45) is 1.76. The SMILES string of the molecule is CCN(CC)Cc1c(O)cccc1Nc1ccnc2cc(Cl)ccc12. The molecule has 2 N–H and O–H groups in total. The summed E-state index contributed by atoms with van der Waals surface area (Å²) in [5.74, 6) is 0.304. The van der Waals surface area contributed by atoms with E-state index >= 15 is 0 Å². The molecular formula is C20H22ClN3O. The maximum absolute atomic E-state index is 10.4. The van der Waals surface area contributed by atoms with Gasteiger partial charge in [-0.1, -0.05) is 31.5 Å². The molecule has 0 radical (unpaired) electrons. The Bertz CT molecular complexity index is 878. The molecule has 0 saturated carbocycles. The van der Waals surface area contributed by atoms with E-state index in [1.54, 1.807) is 12.3 Å². The van der Waals surface area contributed by atoms with Crippen LogP contribution in [0.3, 0.4) is 0 Å². The summed E-state index contributed by atoms with van der Waals surface area (Å²) in [6.45, 7) is 6.80. The van der Waals surface area contributed by atoms with E-state index in [9.17, 15) is 5.11 Å². The zero-order valence-corrected chi connectivity index (χ0v) is 15.2. The number of nitrogens with zero attached hydrogens (tertiary/aromatic N) is 2. The Morgan fingerprint density at radius 1 is 1.08 bits per heavy atom. The highest BCUT2D eigenvalue weighted by molar-refractivity contribution is 6.31. The van der Waals surface area contributed by atoms with Gasteiger partial charge in [-0.3, -0.25) is 9.88 Å². The van der Waals surface area contributed by atoms with Crippen molar-refractivity contribution in [3.05, 3.63) is 59.2 Å². The van der Waals surface area contributed by atoms with Crippen molar-refractivity contribution in [2.24, 2.45) is 0 Å². The Labute approximate surface area is 153 Å². The molecule has 0 aliphatic heterocycles. The predicted octanol–water partition coefficient (Wildman–Crippen LogP) is 5.18. The Balaban J connectivity index is 2.00. The van der Waals surface area contributed by atoms with Gasteiger partial charge < -0.3 is 10.4 Å². The first-order valence-corrected chi connectivity index (χ1v) is 8.84. The molecule has 1 aromatic heterocycles. The number of rotatable bonds is 6. The van der Waals surface area contributed by atoms with Crippen LogP contribution in [0.5, 0.6) is 5.75 Å². The summed E-state index contributed by atoms with van der Waals surface area (Å²) in [5, 5.41) is 15.5. The number of hydrogen-bond acceptors (Lipinski definition) is 4. The second-order valence-electron chi connectivity index (χ2n) is 5.91. The smallest absolute Gasteiger partial charge is 0.122 e. The zero-order chi connectivity index (χ0) is 17.8. The van der Waals surface area contributed by atoms with Crippen molar-refractivity contribution >= 4 is 33.9 Å². The van der Waals surface area contributed by atoms with E-state index in [4.69, 9.17) is 11.6 Å². The lowest BCUT2D eigenvalue weighted by Crippen LogP contribution is -2.22. The molecule has 3 rings (SSSR count). The number of aromatic hydroxyl groups is 1. The summed E-state index contributed by atoms with van der Waals surface area (Å²) < 4.78 is 0. The van der Waals surface area contributed by atoms with Gasteiger partial charge in [-0.05, 0) is 49.5 Å². The van der Waals surface area contributed by atoms with Gasteiger partial charge in [-0.2, -0.15) is 0 Å². The standard InChI is InChI=1S/C20H22ClN3O/c1-3-24(4-2)13-16-17(6-5-7-20(16)25)23-18-10-11-22-19-12-14(21)8-9-15(18)19/h5-12,25H,3-4,13H2,1-2H3,(H,22,23). The number of benzene rings is 2. The van der Waals surface area contributed by atoms with E-state index in [-0.39, 0.29) is 0 Å². The first kappa shape index (κ1) is 17.5. The minimum Gasteiger partial charge on any atom is -0.508 e. The van der Waals surface area contributed by atoms with Crippen molar-refractivity contribution in [3.63, 3.8) is 0 Å². The molecule has 0 bridgehead atoms. The van der Waals surface area contributed by atoms with Crippen LogP contribution in [0, 0.1) is 0 Å². The van der Waals surface area contributed by atoms with E-state index in [2.05, 4.69) is 29.0 Å². The first-order chi connectivity index (χ1) is 12.1. The average Bonchev–Trinajstić information content (AvgIpc) is 2.61. The molecule has 5 heteroatoms. The quantitative estimate of drug-likeness (QED) is 0.639. The average molecular weight is 356 g/mol. The molecule has 0 atom stereocenters. The van der Waals surface area contributed by atoms with Crippen LogP contribution < -0.4 is 5.32 Å². The minimum absolute atomic E-state index is 0.304. The zero-order valence-electron chi connectivity index (χ0n) is 14.5. The highest BCUT2D eigenvalue weighted by Gasteiger charge is 2.12. The molecule has 0 spiro atoms. The number of anilines is 2. The molecule has 25 heavy (non-hydrogen) atoms. The normalized spacial score (nSPS) is 11.2. The fraction of sp³-hybridized carbons (Fsp3) is 0.250. The highest BCUT2D eigenvalue weighted by Crippen LogP contribution is 2.32. The summed E-state index contributed by atoms with van der Waals surface area (Å²) in [6, 6.07) is 13.2. The third kappa shape index (κ3) is 3.86. The van der Waals surface area contributed by atoms with Crippen LogP contribution in [-0.4, -0.2) is 28.1 Å². The Morgan fingerprint density at radius 2 is 1.88 bits per heavy atom. The molecule has 130 valence electrons. The maximum Gasteiger partial charge on any atom is 0.122 e. The van der Waals surface area contributed by atoms with Gasteiger partial charge in [0.25, 0.3) is 0 Å². The van der Waals surface area contributed by atoms with Gasteiger partial charge in [-0.25, -0.2) is 0 Å². The topological polar surface area (TPSA) is 48.4 Å². The van der Waals surface area contributed by atoms with Gasteiger partial charge in [-0.15, -0.1) is 0 Å². The lowest BCUT2D eigenvalue weighted by Gasteiger charge is -2.21. The highest BCUT2D eigenvalue weighted by atomic mass is 35.5. The molecule has 1 heterocycles. The minimum atomic E-state index is 0.304. The van der Waals surface area contributed by atoms with Gasteiger partial charge in [0, 0.05) is 40.1 Å². The predicted molar refractivity (Wildman–Crippen MR) is 105 cm³/mol. The molecule has 4 nitrogen and oxygen atoms in total. The molecule has 0 aliphatic rings. The largest absolute Gasteiger partial charge is 0.508 e. The van der Waals surface area contributed by atoms with Crippen LogP contribution in [0.15, 0.2) is 48.7 Å². The van der Waals surface area contributed by atoms with Crippen LogP contribution >= 0.6 is 11.6 Å². The first-order valence-electron chi connectivity index (χ1n) is 8.46. The summed E-state index contributed by atoms with van der Waals surface area (Å²) in [5.41, 5.74) is 3.57. The monoisotopic (exact) mass is 355 g/mol.